The highest BCUT2D eigenvalue weighted by atomic mass is 79.9. The van der Waals surface area contributed by atoms with Gasteiger partial charge in [0.25, 0.3) is 0 Å². The van der Waals surface area contributed by atoms with E-state index in [9.17, 15) is 4.79 Å². The molecular formula is C20H25BrN4O. The van der Waals surface area contributed by atoms with Crippen molar-refractivity contribution in [3.8, 4) is 0 Å². The van der Waals surface area contributed by atoms with Crippen LogP contribution in [0.1, 0.15) is 55.7 Å². The zero-order valence-electron chi connectivity index (χ0n) is 15.0. The third-order valence-corrected chi connectivity index (χ3v) is 6.39. The number of amides is 1. The van der Waals surface area contributed by atoms with Crippen molar-refractivity contribution in [3.05, 3.63) is 46.0 Å². The van der Waals surface area contributed by atoms with Crippen LogP contribution in [0, 0.1) is 0 Å². The highest BCUT2D eigenvalue weighted by Gasteiger charge is 2.40. The number of nitrogens with zero attached hydrogens (tertiary/aromatic N) is 3. The van der Waals surface area contributed by atoms with Gasteiger partial charge in [-0.3, -0.25) is 4.79 Å². The lowest BCUT2D eigenvalue weighted by Crippen LogP contribution is -2.46. The number of fused-ring (bicyclic) bond motifs is 1. The smallest absolute Gasteiger partial charge is 0.230 e. The summed E-state index contributed by atoms with van der Waals surface area (Å²) in [7, 11) is 0. The largest absolute Gasteiger partial charge is 0.355 e. The molecule has 1 fully saturated rings. The molecule has 0 atom stereocenters. The molecule has 0 unspecified atom stereocenters. The Morgan fingerprint density at radius 3 is 2.65 bits per heavy atom. The summed E-state index contributed by atoms with van der Waals surface area (Å²) in [5.74, 6) is 2.25. The topological polar surface area (TPSA) is 59.8 Å². The molecule has 1 amide bonds. The molecule has 0 radical (unpaired) electrons. The van der Waals surface area contributed by atoms with Gasteiger partial charge in [0.2, 0.25) is 5.91 Å². The molecule has 138 valence electrons. The second-order valence-corrected chi connectivity index (χ2v) is 8.36. The lowest BCUT2D eigenvalue weighted by atomic mass is 9.68. The Labute approximate surface area is 162 Å². The number of nitrogens with one attached hydrogen (secondary N) is 1. The third kappa shape index (κ3) is 3.31. The Morgan fingerprint density at radius 1 is 1.12 bits per heavy atom. The van der Waals surface area contributed by atoms with Crippen LogP contribution in [0.4, 0.5) is 0 Å². The Morgan fingerprint density at radius 2 is 1.88 bits per heavy atom. The Bertz CT molecular complexity index is 778. The zero-order valence-corrected chi connectivity index (χ0v) is 16.6. The maximum Gasteiger partial charge on any atom is 0.230 e. The van der Waals surface area contributed by atoms with Gasteiger partial charge >= 0.3 is 0 Å². The molecule has 1 aliphatic heterocycles. The predicted molar refractivity (Wildman–Crippen MR) is 104 cm³/mol. The van der Waals surface area contributed by atoms with Gasteiger partial charge in [0.15, 0.2) is 0 Å². The summed E-state index contributed by atoms with van der Waals surface area (Å²) < 4.78 is 3.25. The second-order valence-electron chi connectivity index (χ2n) is 7.44. The minimum absolute atomic E-state index is 0.167. The van der Waals surface area contributed by atoms with Gasteiger partial charge in [-0.2, -0.15) is 0 Å². The van der Waals surface area contributed by atoms with E-state index in [0.29, 0.717) is 6.54 Å². The average molecular weight is 417 g/mol. The predicted octanol–water partition coefficient (Wildman–Crippen LogP) is 3.55. The van der Waals surface area contributed by atoms with Crippen LogP contribution >= 0.6 is 15.9 Å². The maximum absolute atomic E-state index is 13.2. The van der Waals surface area contributed by atoms with Crippen molar-refractivity contribution >= 4 is 21.8 Å². The van der Waals surface area contributed by atoms with Crippen molar-refractivity contribution in [2.45, 2.75) is 63.3 Å². The molecule has 2 aliphatic rings. The van der Waals surface area contributed by atoms with E-state index >= 15 is 0 Å². The molecule has 6 heteroatoms. The number of halogens is 1. The molecule has 1 aromatic heterocycles. The van der Waals surface area contributed by atoms with Crippen LogP contribution in [-0.4, -0.2) is 27.2 Å². The van der Waals surface area contributed by atoms with Crippen LogP contribution in [0.15, 0.2) is 28.7 Å². The Hall–Kier alpha value is -1.69. The summed E-state index contributed by atoms with van der Waals surface area (Å²) in [5.41, 5.74) is 0.757. The van der Waals surface area contributed by atoms with Crippen LogP contribution in [-0.2, 0) is 29.6 Å². The van der Waals surface area contributed by atoms with Gasteiger partial charge in [0.1, 0.15) is 11.6 Å². The molecule has 0 saturated heterocycles. The van der Waals surface area contributed by atoms with Gasteiger partial charge in [-0.1, -0.05) is 47.3 Å². The number of carbonyl (C=O) groups excluding carboxylic acids is 1. The van der Waals surface area contributed by atoms with E-state index in [1.807, 2.05) is 12.1 Å². The van der Waals surface area contributed by atoms with Crippen LogP contribution < -0.4 is 5.32 Å². The lowest BCUT2D eigenvalue weighted by Gasteiger charge is -2.36. The van der Waals surface area contributed by atoms with Crippen LogP contribution in [0.3, 0.4) is 0 Å². The van der Waals surface area contributed by atoms with E-state index < -0.39 is 0 Å². The molecule has 1 aliphatic carbocycles. The number of hydrogen-bond donors (Lipinski definition) is 1. The SMILES string of the molecule is O=C(NCCc1nnc2n1CCC2)C1(c2ccc(Br)cc2)CCCCC1. The Kier molecular flexibility index (Phi) is 5.11. The van der Waals surface area contributed by atoms with E-state index in [1.54, 1.807) is 0 Å². The summed E-state index contributed by atoms with van der Waals surface area (Å²) >= 11 is 3.50. The van der Waals surface area contributed by atoms with Gasteiger partial charge in [0.05, 0.1) is 5.41 Å². The maximum atomic E-state index is 13.2. The van der Waals surface area contributed by atoms with Gasteiger partial charge in [-0.05, 0) is 37.0 Å². The van der Waals surface area contributed by atoms with Crippen LogP contribution in [0.2, 0.25) is 0 Å². The molecular weight excluding hydrogens is 392 g/mol. The second kappa shape index (κ2) is 7.51. The van der Waals surface area contributed by atoms with Gasteiger partial charge in [-0.15, -0.1) is 10.2 Å². The van der Waals surface area contributed by atoms with Gasteiger partial charge in [-0.25, -0.2) is 0 Å². The highest BCUT2D eigenvalue weighted by Crippen LogP contribution is 2.40. The summed E-state index contributed by atoms with van der Waals surface area (Å²) in [6.07, 6.45) is 8.22. The van der Waals surface area contributed by atoms with E-state index in [1.165, 1.54) is 6.42 Å². The Balaban J connectivity index is 1.45. The molecule has 0 spiro atoms. The third-order valence-electron chi connectivity index (χ3n) is 5.86. The minimum atomic E-state index is -0.383. The van der Waals surface area contributed by atoms with E-state index in [4.69, 9.17) is 0 Å². The van der Waals surface area contributed by atoms with Crippen molar-refractivity contribution in [2.24, 2.45) is 0 Å². The quantitative estimate of drug-likeness (QED) is 0.810. The van der Waals surface area contributed by atoms with Crippen molar-refractivity contribution < 1.29 is 4.79 Å². The van der Waals surface area contributed by atoms with Crippen molar-refractivity contribution in [1.29, 1.82) is 0 Å². The van der Waals surface area contributed by atoms with E-state index in [0.717, 1.165) is 73.2 Å². The van der Waals surface area contributed by atoms with Crippen molar-refractivity contribution in [1.82, 2.24) is 20.1 Å². The van der Waals surface area contributed by atoms with Gasteiger partial charge < -0.3 is 9.88 Å². The minimum Gasteiger partial charge on any atom is -0.355 e. The van der Waals surface area contributed by atoms with Crippen LogP contribution in [0.5, 0.6) is 0 Å². The number of benzene rings is 1. The number of aromatic nitrogens is 3. The fraction of sp³-hybridized carbons (Fsp3) is 0.550. The fourth-order valence-electron chi connectivity index (χ4n) is 4.42. The van der Waals surface area contributed by atoms with Gasteiger partial charge in [0, 0.05) is 30.4 Å². The number of hydrogen-bond acceptors (Lipinski definition) is 3. The van der Waals surface area contributed by atoms with E-state index in [2.05, 4.69) is 48.1 Å². The molecule has 4 rings (SSSR count). The first kappa shape index (κ1) is 17.7. The first-order chi connectivity index (χ1) is 12.7. The van der Waals surface area contributed by atoms with Crippen LogP contribution in [0.25, 0.3) is 0 Å². The normalized spacial score (nSPS) is 18.5. The lowest BCUT2D eigenvalue weighted by molar-refractivity contribution is -0.128. The van der Waals surface area contributed by atoms with Crippen molar-refractivity contribution in [3.63, 3.8) is 0 Å². The number of rotatable bonds is 5. The summed E-state index contributed by atoms with van der Waals surface area (Å²) in [6, 6.07) is 8.28. The monoisotopic (exact) mass is 416 g/mol. The molecule has 1 aromatic carbocycles. The standard InChI is InChI=1S/C20H25BrN4O/c21-16-8-6-15(7-9-16)20(11-2-1-3-12-20)19(26)22-13-10-18-24-23-17-5-4-14-25(17)18/h6-9H,1-5,10-14H2,(H,22,26). The molecule has 5 nitrogen and oxygen atoms in total. The molecule has 2 aromatic rings. The highest BCUT2D eigenvalue weighted by molar-refractivity contribution is 9.10. The number of aryl methyl sites for hydroxylation is 1. The summed E-state index contributed by atoms with van der Waals surface area (Å²) in [6.45, 7) is 1.63. The molecule has 1 saturated carbocycles. The summed E-state index contributed by atoms with van der Waals surface area (Å²) in [4.78, 5) is 13.2. The molecule has 1 N–H and O–H groups in total. The zero-order chi connectivity index (χ0) is 18.0. The van der Waals surface area contributed by atoms with E-state index in [-0.39, 0.29) is 11.3 Å². The average Bonchev–Trinajstić information content (AvgIpc) is 3.27. The molecule has 2 heterocycles. The molecule has 26 heavy (non-hydrogen) atoms. The first-order valence-electron chi connectivity index (χ1n) is 9.64. The van der Waals surface area contributed by atoms with Crippen molar-refractivity contribution in [2.75, 3.05) is 6.54 Å². The summed E-state index contributed by atoms with van der Waals surface area (Å²) in [5, 5.41) is 11.7. The fourth-order valence-corrected chi connectivity index (χ4v) is 4.69. The molecule has 0 bridgehead atoms. The first-order valence-corrected chi connectivity index (χ1v) is 10.4. The number of carbonyl (C=O) groups is 1.